The lowest BCUT2D eigenvalue weighted by Crippen LogP contribution is -3.00. The van der Waals surface area contributed by atoms with Crippen molar-refractivity contribution in [2.45, 2.75) is 13.0 Å². The summed E-state index contributed by atoms with van der Waals surface area (Å²) in [5, 5.41) is 0. The molecule has 0 aromatic carbocycles. The number of ketones is 1. The van der Waals surface area contributed by atoms with E-state index in [1.165, 1.54) is 6.21 Å². The number of nitrogens with one attached hydrogen (secondary N) is 1. The summed E-state index contributed by atoms with van der Waals surface area (Å²) in [6.07, 6.45) is 1.54. The van der Waals surface area contributed by atoms with E-state index in [9.17, 15) is 4.79 Å². The summed E-state index contributed by atoms with van der Waals surface area (Å²) >= 11 is 5.22. The molecule has 1 unspecified atom stereocenters. The Hall–Kier alpha value is -0.980. The van der Waals surface area contributed by atoms with Crippen molar-refractivity contribution in [3.05, 3.63) is 11.3 Å². The lowest BCUT2D eigenvalue weighted by molar-refractivity contribution is -0.520. The van der Waals surface area contributed by atoms with Crippen LogP contribution < -0.4 is 23.7 Å². The van der Waals surface area contributed by atoms with Gasteiger partial charge in [-0.05, 0) is 0 Å². The van der Waals surface area contributed by atoms with E-state index in [0.29, 0.717) is 16.3 Å². The zero-order valence-electron chi connectivity index (χ0n) is 10.3. The van der Waals surface area contributed by atoms with E-state index >= 15 is 0 Å². The zero-order valence-corrected chi connectivity index (χ0v) is 11.9. The number of nitrogens with zero attached hydrogens (tertiary/aromatic N) is 2. The second-order valence-corrected chi connectivity index (χ2v) is 4.35. The van der Waals surface area contributed by atoms with Gasteiger partial charge in [0.25, 0.3) is 5.78 Å². The van der Waals surface area contributed by atoms with Gasteiger partial charge in [-0.15, -0.1) is 0 Å². The quantitative estimate of drug-likeness (QED) is 0.235. The number of Topliss-reactive ketones (excluding diaryl/α,β-unsaturated/α-hetero) is 1. The Morgan fingerprint density at radius 3 is 2.53 bits per heavy atom. The molecule has 0 saturated carbocycles. The van der Waals surface area contributed by atoms with Gasteiger partial charge >= 0.3 is 0 Å². The molecule has 0 bridgehead atoms. The number of carbonyl (C=O) groups excluding carboxylic acids is 1. The molecular formula is C10H17ClN4OS. The van der Waals surface area contributed by atoms with Gasteiger partial charge in [-0.3, -0.25) is 10.6 Å². The Balaban J connectivity index is 0.00000256. The van der Waals surface area contributed by atoms with Gasteiger partial charge in [0.15, 0.2) is 6.04 Å². The number of carbonyl (C=O) groups is 1. The van der Waals surface area contributed by atoms with Crippen molar-refractivity contribution in [2.24, 2.45) is 5.84 Å². The van der Waals surface area contributed by atoms with E-state index in [4.69, 9.17) is 18.1 Å². The largest absolute Gasteiger partial charge is 1.00 e. The van der Waals surface area contributed by atoms with Crippen molar-refractivity contribution >= 4 is 29.2 Å². The maximum Gasteiger partial charge on any atom is 0.253 e. The number of rotatable bonds is 2. The second-order valence-electron chi connectivity index (χ2n) is 3.97. The number of hydrogen-bond donors (Lipinski definition) is 2. The minimum atomic E-state index is -0.118. The minimum absolute atomic E-state index is 0. The summed E-state index contributed by atoms with van der Waals surface area (Å²) in [7, 11) is 5.44. The van der Waals surface area contributed by atoms with E-state index in [-0.39, 0.29) is 24.2 Å². The summed E-state index contributed by atoms with van der Waals surface area (Å²) in [5.41, 5.74) is 3.72. The van der Waals surface area contributed by atoms with Crippen molar-refractivity contribution < 1.29 is 21.8 Å². The molecule has 0 saturated heterocycles. The van der Waals surface area contributed by atoms with Crippen LogP contribution in [0.25, 0.3) is 0 Å². The Morgan fingerprint density at radius 2 is 2.12 bits per heavy atom. The molecular weight excluding hydrogens is 260 g/mol. The normalized spacial score (nSPS) is 19.5. The predicted octanol–water partition coefficient (Wildman–Crippen LogP) is -3.72. The summed E-state index contributed by atoms with van der Waals surface area (Å²) in [5.74, 6) is 5.35. The van der Waals surface area contributed by atoms with Crippen LogP contribution in [0.1, 0.15) is 6.92 Å². The molecule has 0 radical (unpaired) electrons. The highest BCUT2D eigenvalue weighted by Crippen LogP contribution is 2.15. The van der Waals surface area contributed by atoms with E-state index in [1.54, 1.807) is 23.6 Å². The van der Waals surface area contributed by atoms with Crippen LogP contribution in [0.4, 0.5) is 0 Å². The monoisotopic (exact) mass is 276 g/mol. The highest BCUT2D eigenvalue weighted by atomic mass is 35.5. The first-order valence-corrected chi connectivity index (χ1v) is 5.34. The van der Waals surface area contributed by atoms with Gasteiger partial charge in [-0.2, -0.15) is 0 Å². The molecule has 1 aliphatic heterocycles. The van der Waals surface area contributed by atoms with Crippen molar-refractivity contribution in [1.82, 2.24) is 10.3 Å². The summed E-state index contributed by atoms with van der Waals surface area (Å²) in [4.78, 5) is 14.1. The molecule has 0 aliphatic carbocycles. The third kappa shape index (κ3) is 3.02. The van der Waals surface area contributed by atoms with Crippen LogP contribution in [0, 0.1) is 0 Å². The van der Waals surface area contributed by atoms with Crippen molar-refractivity contribution in [3.8, 4) is 0 Å². The fourth-order valence-corrected chi connectivity index (χ4v) is 1.75. The summed E-state index contributed by atoms with van der Waals surface area (Å²) in [6, 6.07) is 0.00981. The van der Waals surface area contributed by atoms with Crippen molar-refractivity contribution in [1.29, 1.82) is 0 Å². The highest BCUT2D eigenvalue weighted by molar-refractivity contribution is 7.80. The first-order valence-electron chi connectivity index (χ1n) is 4.93. The first kappa shape index (κ1) is 16.0. The van der Waals surface area contributed by atoms with E-state index in [0.717, 1.165) is 0 Å². The standard InChI is InChI=1S/C10H16N4OS.ClH/c1-6-9(12-11)8(10(16)13(2)3)7(15)5-14(6)4;/h5-6,11,15H,1-4H3;1H. The third-order valence-electron chi connectivity index (χ3n) is 2.64. The van der Waals surface area contributed by atoms with Crippen LogP contribution in [-0.2, 0) is 4.79 Å². The molecule has 0 amide bonds. The molecule has 17 heavy (non-hydrogen) atoms. The van der Waals surface area contributed by atoms with Gasteiger partial charge in [-0.25, -0.2) is 4.58 Å². The topological polar surface area (TPSA) is 61.4 Å². The summed E-state index contributed by atoms with van der Waals surface area (Å²) < 4.78 is 1.80. The van der Waals surface area contributed by atoms with Crippen molar-refractivity contribution in [3.63, 3.8) is 0 Å². The Labute approximate surface area is 113 Å². The van der Waals surface area contributed by atoms with Gasteiger partial charge in [0.2, 0.25) is 6.21 Å². The van der Waals surface area contributed by atoms with E-state index < -0.39 is 0 Å². The Bertz CT molecular complexity index is 403. The van der Waals surface area contributed by atoms with Crippen LogP contribution in [0.15, 0.2) is 11.3 Å². The van der Waals surface area contributed by atoms with Gasteiger partial charge < -0.3 is 22.7 Å². The average Bonchev–Trinajstić information content (AvgIpc) is 2.21. The van der Waals surface area contributed by atoms with Crippen LogP contribution in [0.2, 0.25) is 0 Å². The molecule has 1 heterocycles. The predicted molar refractivity (Wildman–Crippen MR) is 67.4 cm³/mol. The lowest BCUT2D eigenvalue weighted by atomic mass is 10.0. The van der Waals surface area contributed by atoms with Crippen LogP contribution >= 0.6 is 12.2 Å². The smallest absolute Gasteiger partial charge is 0.253 e. The molecule has 0 aromatic rings. The van der Waals surface area contributed by atoms with E-state index in [1.807, 2.05) is 14.0 Å². The van der Waals surface area contributed by atoms with Gasteiger partial charge in [0, 0.05) is 21.0 Å². The second kappa shape index (κ2) is 6.09. The Kier molecular flexibility index (Phi) is 5.74. The Morgan fingerprint density at radius 1 is 1.59 bits per heavy atom. The fourth-order valence-electron chi connectivity index (χ4n) is 1.54. The van der Waals surface area contributed by atoms with Crippen LogP contribution in [-0.4, -0.2) is 53.6 Å². The fraction of sp³-hybridized carbons (Fsp3) is 0.500. The molecule has 1 atom stereocenters. The maximum atomic E-state index is 11.9. The van der Waals surface area contributed by atoms with Gasteiger partial charge in [-0.1, -0.05) is 12.2 Å². The molecule has 3 N–H and O–H groups in total. The van der Waals surface area contributed by atoms with E-state index in [2.05, 4.69) is 5.43 Å². The van der Waals surface area contributed by atoms with Gasteiger partial charge in [0.1, 0.15) is 17.7 Å². The molecule has 0 aromatic heterocycles. The SMILES string of the molecule is CC1C(NN)=C(C(=S)N(C)C)C(=O)C=[N+]1C.[Cl-]. The number of nitrogens with two attached hydrogens (primary N) is 1. The molecule has 5 nitrogen and oxygen atoms in total. The number of hydrogen-bond acceptors (Lipinski definition) is 4. The first-order chi connectivity index (χ1) is 7.40. The number of likely N-dealkylation sites (N-methyl/N-ethyl adjacent to an activating group) is 2. The van der Waals surface area contributed by atoms with Gasteiger partial charge in [0.05, 0.1) is 5.57 Å². The molecule has 1 aliphatic rings. The minimum Gasteiger partial charge on any atom is -1.00 e. The molecule has 7 heteroatoms. The molecule has 0 spiro atoms. The van der Waals surface area contributed by atoms with Crippen LogP contribution in [0.5, 0.6) is 0 Å². The summed E-state index contributed by atoms with van der Waals surface area (Å²) in [6.45, 7) is 1.95. The zero-order chi connectivity index (χ0) is 12.5. The third-order valence-corrected chi connectivity index (χ3v) is 3.21. The highest BCUT2D eigenvalue weighted by Gasteiger charge is 2.33. The van der Waals surface area contributed by atoms with Crippen molar-refractivity contribution in [2.75, 3.05) is 21.1 Å². The molecule has 96 valence electrons. The molecule has 1 rings (SSSR count). The van der Waals surface area contributed by atoms with Crippen LogP contribution in [0.3, 0.4) is 0 Å². The molecule has 0 fully saturated rings. The lowest BCUT2D eigenvalue weighted by Gasteiger charge is -2.23. The maximum absolute atomic E-state index is 11.9. The average molecular weight is 277 g/mol. The number of hydrazine groups is 1. The number of thiocarbonyl (C=S) groups is 1. The number of halogens is 1.